The Hall–Kier alpha value is -0.870. The summed E-state index contributed by atoms with van der Waals surface area (Å²) in [5, 5.41) is 9.34. The fourth-order valence-corrected chi connectivity index (χ4v) is 2.76. The van der Waals surface area contributed by atoms with E-state index in [1.54, 1.807) is 0 Å². The maximum atomic E-state index is 11.4. The van der Waals surface area contributed by atoms with Crippen molar-refractivity contribution < 1.29 is 9.90 Å². The molecule has 1 heterocycles. The molecule has 1 aliphatic rings. The molecule has 0 radical (unpaired) electrons. The number of hydrogen-bond donors (Lipinski definition) is 1. The zero-order valence-electron chi connectivity index (χ0n) is 9.82. The highest BCUT2D eigenvalue weighted by Crippen LogP contribution is 2.32. The van der Waals surface area contributed by atoms with Gasteiger partial charge in [0.1, 0.15) is 5.54 Å². The van der Waals surface area contributed by atoms with Crippen LogP contribution in [0.15, 0.2) is 28.7 Å². The van der Waals surface area contributed by atoms with Gasteiger partial charge in [-0.2, -0.15) is 0 Å². The molecule has 3 nitrogen and oxygen atoms in total. The van der Waals surface area contributed by atoms with E-state index in [1.807, 2.05) is 31.2 Å². The smallest absolute Gasteiger partial charge is 0.323 e. The minimum absolute atomic E-state index is 0.685. The van der Waals surface area contributed by atoms with Crippen molar-refractivity contribution in [1.29, 1.82) is 0 Å². The second-order valence-electron chi connectivity index (χ2n) is 4.70. The maximum Gasteiger partial charge on any atom is 0.323 e. The predicted octanol–water partition coefficient (Wildman–Crippen LogP) is 2.89. The molecule has 0 saturated carbocycles. The highest BCUT2D eigenvalue weighted by atomic mass is 79.9. The first-order valence-electron chi connectivity index (χ1n) is 5.76. The number of benzene rings is 1. The van der Waals surface area contributed by atoms with Crippen molar-refractivity contribution >= 4 is 21.9 Å². The largest absolute Gasteiger partial charge is 0.480 e. The van der Waals surface area contributed by atoms with Gasteiger partial charge in [-0.15, -0.1) is 0 Å². The van der Waals surface area contributed by atoms with Gasteiger partial charge >= 0.3 is 5.97 Å². The van der Waals surface area contributed by atoms with Crippen LogP contribution in [0.3, 0.4) is 0 Å². The zero-order valence-corrected chi connectivity index (χ0v) is 11.4. The van der Waals surface area contributed by atoms with Crippen LogP contribution in [0.5, 0.6) is 0 Å². The molecule has 0 bridgehead atoms. The zero-order chi connectivity index (χ0) is 12.5. The number of halogens is 1. The Labute approximate surface area is 110 Å². The normalized spacial score (nSPS) is 25.1. The monoisotopic (exact) mass is 297 g/mol. The fourth-order valence-electron chi connectivity index (χ4n) is 2.35. The molecule has 1 N–H and O–H groups in total. The van der Waals surface area contributed by atoms with Gasteiger partial charge in [-0.1, -0.05) is 34.1 Å². The summed E-state index contributed by atoms with van der Waals surface area (Å²) in [5.74, 6) is -0.720. The molecule has 1 saturated heterocycles. The average Bonchev–Trinajstić information content (AvgIpc) is 2.65. The first kappa shape index (κ1) is 12.6. The number of likely N-dealkylation sites (tertiary alicyclic amines) is 1. The molecule has 1 fully saturated rings. The van der Waals surface area contributed by atoms with E-state index >= 15 is 0 Å². The van der Waals surface area contributed by atoms with Crippen LogP contribution in [0.4, 0.5) is 0 Å². The van der Waals surface area contributed by atoms with Crippen molar-refractivity contribution in [2.75, 3.05) is 6.54 Å². The predicted molar refractivity (Wildman–Crippen MR) is 69.8 cm³/mol. The van der Waals surface area contributed by atoms with Gasteiger partial charge in [0, 0.05) is 11.0 Å². The Kier molecular flexibility index (Phi) is 3.54. The third kappa shape index (κ3) is 2.38. The third-order valence-electron chi connectivity index (χ3n) is 3.57. The number of carboxylic acids is 1. The second kappa shape index (κ2) is 4.78. The highest BCUT2D eigenvalue weighted by molar-refractivity contribution is 9.10. The number of carbonyl (C=O) groups is 1. The molecule has 0 aliphatic carbocycles. The van der Waals surface area contributed by atoms with E-state index < -0.39 is 11.5 Å². The third-order valence-corrected chi connectivity index (χ3v) is 4.34. The summed E-state index contributed by atoms with van der Waals surface area (Å²) >= 11 is 3.50. The van der Waals surface area contributed by atoms with Crippen molar-refractivity contribution in [3.8, 4) is 0 Å². The Bertz CT molecular complexity index is 435. The van der Waals surface area contributed by atoms with Gasteiger partial charge in [-0.3, -0.25) is 9.69 Å². The number of rotatable bonds is 3. The summed E-state index contributed by atoms with van der Waals surface area (Å²) in [4.78, 5) is 13.4. The number of hydrogen-bond acceptors (Lipinski definition) is 2. The molecular formula is C13H16BrNO2. The van der Waals surface area contributed by atoms with Gasteiger partial charge in [0.15, 0.2) is 0 Å². The van der Waals surface area contributed by atoms with Crippen LogP contribution in [0, 0.1) is 0 Å². The first-order valence-corrected chi connectivity index (χ1v) is 6.55. The van der Waals surface area contributed by atoms with Crippen molar-refractivity contribution in [2.45, 2.75) is 31.8 Å². The molecule has 1 atom stereocenters. The molecule has 0 aromatic heterocycles. The highest BCUT2D eigenvalue weighted by Gasteiger charge is 2.43. The van der Waals surface area contributed by atoms with Crippen molar-refractivity contribution in [3.05, 3.63) is 34.3 Å². The van der Waals surface area contributed by atoms with Crippen molar-refractivity contribution in [2.24, 2.45) is 0 Å². The van der Waals surface area contributed by atoms with Crippen LogP contribution in [0.25, 0.3) is 0 Å². The van der Waals surface area contributed by atoms with E-state index in [4.69, 9.17) is 0 Å². The van der Waals surface area contributed by atoms with E-state index in [0.29, 0.717) is 6.54 Å². The maximum absolute atomic E-state index is 11.4. The molecule has 4 heteroatoms. The van der Waals surface area contributed by atoms with Gasteiger partial charge in [0.05, 0.1) is 0 Å². The fraction of sp³-hybridized carbons (Fsp3) is 0.462. The van der Waals surface area contributed by atoms with Crippen LogP contribution >= 0.6 is 15.9 Å². The summed E-state index contributed by atoms with van der Waals surface area (Å²) in [6.45, 7) is 3.35. The lowest BCUT2D eigenvalue weighted by Crippen LogP contribution is -2.47. The van der Waals surface area contributed by atoms with Gasteiger partial charge in [-0.05, 0) is 37.9 Å². The summed E-state index contributed by atoms with van der Waals surface area (Å²) in [5.41, 5.74) is 0.428. The van der Waals surface area contributed by atoms with Crippen LogP contribution < -0.4 is 0 Å². The molecule has 92 valence electrons. The van der Waals surface area contributed by atoms with Crippen molar-refractivity contribution in [1.82, 2.24) is 4.90 Å². The molecule has 0 unspecified atom stereocenters. The average molecular weight is 298 g/mol. The number of nitrogens with zero attached hydrogens (tertiary/aromatic N) is 1. The lowest BCUT2D eigenvalue weighted by atomic mass is 9.99. The van der Waals surface area contributed by atoms with E-state index in [9.17, 15) is 9.90 Å². The summed E-state index contributed by atoms with van der Waals surface area (Å²) < 4.78 is 1.04. The molecule has 17 heavy (non-hydrogen) atoms. The summed E-state index contributed by atoms with van der Waals surface area (Å²) in [7, 11) is 0. The van der Waals surface area contributed by atoms with Gasteiger partial charge in [0.2, 0.25) is 0 Å². The summed E-state index contributed by atoms with van der Waals surface area (Å²) in [6, 6.07) is 7.97. The molecular weight excluding hydrogens is 282 g/mol. The number of aliphatic carboxylic acids is 1. The van der Waals surface area contributed by atoms with Crippen LogP contribution in [-0.2, 0) is 11.3 Å². The standard InChI is InChI=1S/C13H16BrNO2/c1-13(12(16)17)7-4-8-15(13)9-10-5-2-3-6-11(10)14/h2-3,5-6H,4,7-9H2,1H3,(H,16,17)/t13-/m0/s1. The molecule has 0 amide bonds. The van der Waals surface area contributed by atoms with Crippen LogP contribution in [-0.4, -0.2) is 28.1 Å². The minimum atomic E-state index is -0.720. The lowest BCUT2D eigenvalue weighted by molar-refractivity contribution is -0.148. The molecule has 2 rings (SSSR count). The molecule has 1 aromatic rings. The summed E-state index contributed by atoms with van der Waals surface area (Å²) in [6.07, 6.45) is 1.68. The Morgan fingerprint density at radius 2 is 2.24 bits per heavy atom. The topological polar surface area (TPSA) is 40.5 Å². The molecule has 1 aliphatic heterocycles. The quantitative estimate of drug-likeness (QED) is 0.933. The lowest BCUT2D eigenvalue weighted by Gasteiger charge is -2.31. The molecule has 0 spiro atoms. The Morgan fingerprint density at radius 3 is 2.88 bits per heavy atom. The van der Waals surface area contributed by atoms with E-state index in [1.165, 1.54) is 0 Å². The second-order valence-corrected chi connectivity index (χ2v) is 5.55. The van der Waals surface area contributed by atoms with E-state index in [-0.39, 0.29) is 0 Å². The number of carboxylic acid groups (broad SMARTS) is 1. The Balaban J connectivity index is 2.19. The van der Waals surface area contributed by atoms with Gasteiger partial charge in [0.25, 0.3) is 0 Å². The van der Waals surface area contributed by atoms with Gasteiger partial charge < -0.3 is 5.11 Å². The van der Waals surface area contributed by atoms with Crippen LogP contribution in [0.1, 0.15) is 25.3 Å². The Morgan fingerprint density at radius 1 is 1.53 bits per heavy atom. The van der Waals surface area contributed by atoms with E-state index in [0.717, 1.165) is 29.4 Å². The van der Waals surface area contributed by atoms with Crippen LogP contribution in [0.2, 0.25) is 0 Å². The van der Waals surface area contributed by atoms with Gasteiger partial charge in [-0.25, -0.2) is 0 Å². The minimum Gasteiger partial charge on any atom is -0.480 e. The SMILES string of the molecule is C[C@@]1(C(=O)O)CCCN1Cc1ccccc1Br. The molecule has 1 aromatic carbocycles. The first-order chi connectivity index (χ1) is 8.04. The van der Waals surface area contributed by atoms with E-state index in [2.05, 4.69) is 20.8 Å². The van der Waals surface area contributed by atoms with Crippen molar-refractivity contribution in [3.63, 3.8) is 0 Å².